The molecule has 22 heteroatoms. The maximum absolute atomic E-state index is 13.7. The summed E-state index contributed by atoms with van der Waals surface area (Å²) in [5.74, 6) is -4.07. The van der Waals surface area contributed by atoms with Crippen LogP contribution in [0.4, 0.5) is 18.3 Å². The van der Waals surface area contributed by atoms with Crippen LogP contribution in [0.5, 0.6) is 5.75 Å². The Morgan fingerprint density at radius 3 is 2.44 bits per heavy atom. The fourth-order valence-corrected chi connectivity index (χ4v) is 5.57. The number of amides is 2. The molecule has 244 valence electrons. The van der Waals surface area contributed by atoms with Crippen LogP contribution in [0.2, 0.25) is 0 Å². The fraction of sp³-hybridized carbons (Fsp3) is 0.391. The number of thiazole rings is 1. The lowest BCUT2D eigenvalue weighted by atomic mass is 10.0. The molecule has 2 amide bonds. The fourth-order valence-electron chi connectivity index (χ4n) is 3.99. The number of hydrogen-bond donors (Lipinski definition) is 6. The van der Waals surface area contributed by atoms with E-state index in [1.807, 2.05) is 5.32 Å². The number of aromatic nitrogens is 1. The van der Waals surface area contributed by atoms with Crippen LogP contribution in [0.3, 0.4) is 0 Å². The Kier molecular flexibility index (Phi) is 9.51. The average molecular weight is 679 g/mol. The van der Waals surface area contributed by atoms with Crippen LogP contribution < -0.4 is 26.8 Å². The lowest BCUT2D eigenvalue weighted by molar-refractivity contribution is -0.152. The van der Waals surface area contributed by atoms with Gasteiger partial charge in [0.05, 0.1) is 12.1 Å². The highest BCUT2D eigenvalue weighted by Crippen LogP contribution is 2.38. The van der Waals surface area contributed by atoms with Gasteiger partial charge in [0.25, 0.3) is 17.9 Å². The number of carbonyl (C=O) groups is 3. The Morgan fingerprint density at radius 2 is 1.93 bits per heavy atom. The topological polar surface area (TPSA) is 261 Å². The molecule has 3 heterocycles. The lowest BCUT2D eigenvalue weighted by Crippen LogP contribution is -2.71. The molecule has 17 nitrogen and oxygen atoms in total. The van der Waals surface area contributed by atoms with Gasteiger partial charge in [0.2, 0.25) is 0 Å². The summed E-state index contributed by atoms with van der Waals surface area (Å²) in [5, 5.41) is 17.3. The number of carboxylic acids is 1. The number of halogens is 3. The molecule has 1 unspecified atom stereocenters. The molecule has 0 saturated carbocycles. The van der Waals surface area contributed by atoms with E-state index in [-0.39, 0.29) is 33.3 Å². The van der Waals surface area contributed by atoms with Crippen LogP contribution in [-0.4, -0.2) is 101 Å². The number of aliphatic carboxylic acids is 1. The van der Waals surface area contributed by atoms with Crippen molar-refractivity contribution in [3.8, 4) is 5.75 Å². The second-order valence-corrected chi connectivity index (χ2v) is 11.9. The Bertz CT molecular complexity index is 1640. The third kappa shape index (κ3) is 7.58. The molecule has 45 heavy (non-hydrogen) atoms. The Labute approximate surface area is 255 Å². The average Bonchev–Trinajstić information content (AvgIpc) is 3.32. The van der Waals surface area contributed by atoms with Crippen LogP contribution in [-0.2, 0) is 35.7 Å². The number of nitrogen functional groups attached to an aromatic ring is 1. The number of rotatable bonds is 12. The van der Waals surface area contributed by atoms with E-state index in [1.54, 1.807) is 12.1 Å². The maximum atomic E-state index is 13.7. The Hall–Kier alpha value is -4.54. The quantitative estimate of drug-likeness (QED) is 0.0528. The van der Waals surface area contributed by atoms with Crippen LogP contribution in [0, 0.1) is 0 Å². The molecular weight excluding hydrogens is 653 g/mol. The predicted molar refractivity (Wildman–Crippen MR) is 150 cm³/mol. The number of benzene rings is 1. The van der Waals surface area contributed by atoms with E-state index in [0.29, 0.717) is 18.7 Å². The van der Waals surface area contributed by atoms with Crippen LogP contribution in [0.25, 0.3) is 0 Å². The zero-order valence-electron chi connectivity index (χ0n) is 22.9. The summed E-state index contributed by atoms with van der Waals surface area (Å²) < 4.78 is 78.5. The number of alkyl halides is 3. The van der Waals surface area contributed by atoms with Gasteiger partial charge in [-0.05, 0) is 31.2 Å². The number of carbonyl (C=O) groups excluding carboxylic acids is 2. The number of nitrogens with one attached hydrogen (secondary N) is 2. The molecule has 2 aromatic rings. The molecule has 0 bridgehead atoms. The van der Waals surface area contributed by atoms with Gasteiger partial charge in [-0.2, -0.15) is 21.6 Å². The molecule has 1 aromatic carbocycles. The van der Waals surface area contributed by atoms with Crippen molar-refractivity contribution in [2.75, 3.05) is 25.4 Å². The van der Waals surface area contributed by atoms with Crippen molar-refractivity contribution in [2.24, 2.45) is 15.9 Å². The molecule has 2 aliphatic heterocycles. The third-order valence-electron chi connectivity index (χ3n) is 6.39. The largest absolute Gasteiger partial charge is 0.489 e. The Balaban J connectivity index is 1.54. The normalized spacial score (nSPS) is 20.2. The van der Waals surface area contributed by atoms with E-state index in [4.69, 9.17) is 25.6 Å². The standard InChI is InChI=1S/C23H25F3N8O9S2/c1-9-14(20(36)34(9)45(39,40)41)31-19(35)16(15-17(23(24,25)26)44-22(28)32-15)33-43-13(21(37)38)8-42-12-4-2-10(3-5-12)18(27)30-11-6-29-7-11/h2-5,9,11,13-14,29H,6-8H2,1H3,(H2,27,30)(H2,28,32)(H,31,35)(H,37,38)(H,39,40,41)/b33-16-/t9-,13?,14+/m1/s1. The van der Waals surface area contributed by atoms with Crippen molar-refractivity contribution in [1.29, 1.82) is 0 Å². The van der Waals surface area contributed by atoms with Crippen molar-refractivity contribution in [3.63, 3.8) is 0 Å². The first-order valence-corrected chi connectivity index (χ1v) is 14.9. The van der Waals surface area contributed by atoms with Gasteiger partial charge in [-0.25, -0.2) is 14.1 Å². The summed E-state index contributed by atoms with van der Waals surface area (Å²) in [6.07, 6.45) is -7.08. The molecule has 0 radical (unpaired) electrons. The molecule has 3 atom stereocenters. The number of oxime groups is 1. The van der Waals surface area contributed by atoms with Gasteiger partial charge >= 0.3 is 22.4 Å². The molecular formula is C23H25F3N8O9S2. The number of anilines is 1. The van der Waals surface area contributed by atoms with Gasteiger partial charge in [-0.15, -0.1) is 0 Å². The van der Waals surface area contributed by atoms with Gasteiger partial charge in [-0.1, -0.05) is 16.5 Å². The molecule has 4 rings (SSSR count). The SMILES string of the molecule is C[C@@H]1[C@H](NC(=O)/C(=N\OC(COc2ccc(C(N)=NC3CNC3)cc2)C(=O)O)c2nc(N)sc2C(F)(F)F)C(=O)N1S(=O)(=O)O. The van der Waals surface area contributed by atoms with Gasteiger partial charge < -0.3 is 36.8 Å². The second kappa shape index (κ2) is 12.8. The first-order valence-electron chi connectivity index (χ1n) is 12.7. The molecule has 2 aliphatic rings. The number of hydrogen-bond acceptors (Lipinski definition) is 13. The highest BCUT2D eigenvalue weighted by molar-refractivity contribution is 7.84. The summed E-state index contributed by atoms with van der Waals surface area (Å²) in [5.41, 5.74) is 9.61. The van der Waals surface area contributed by atoms with Crippen molar-refractivity contribution in [3.05, 3.63) is 40.4 Å². The minimum absolute atomic E-state index is 0.0323. The van der Waals surface area contributed by atoms with Crippen molar-refractivity contribution < 1.29 is 55.2 Å². The molecule has 2 fully saturated rings. The number of aliphatic imine (C=N–C) groups is 1. The molecule has 1 aromatic heterocycles. The van der Waals surface area contributed by atoms with E-state index < -0.39 is 80.5 Å². The minimum Gasteiger partial charge on any atom is -0.489 e. The number of carboxylic acid groups (broad SMARTS) is 1. The zero-order valence-corrected chi connectivity index (χ0v) is 24.5. The van der Waals surface area contributed by atoms with Crippen LogP contribution in [0.1, 0.15) is 23.1 Å². The predicted octanol–water partition coefficient (Wildman–Crippen LogP) is -0.808. The van der Waals surface area contributed by atoms with E-state index in [1.165, 1.54) is 12.1 Å². The number of β-lactam (4-membered cyclic amide) rings is 1. The molecule has 8 N–H and O–H groups in total. The van der Waals surface area contributed by atoms with Crippen molar-refractivity contribution in [2.45, 2.75) is 37.3 Å². The summed E-state index contributed by atoms with van der Waals surface area (Å²) in [7, 11) is -4.99. The van der Waals surface area contributed by atoms with E-state index in [2.05, 4.69) is 20.4 Å². The number of amidine groups is 1. The maximum Gasteiger partial charge on any atom is 0.427 e. The molecule has 2 saturated heterocycles. The van der Waals surface area contributed by atoms with E-state index >= 15 is 0 Å². The number of nitrogens with two attached hydrogens (primary N) is 2. The number of ether oxygens (including phenoxy) is 1. The third-order valence-corrected chi connectivity index (χ3v) is 8.33. The van der Waals surface area contributed by atoms with E-state index in [0.717, 1.165) is 6.92 Å². The van der Waals surface area contributed by atoms with Crippen LogP contribution >= 0.6 is 11.3 Å². The Morgan fingerprint density at radius 1 is 1.29 bits per heavy atom. The lowest BCUT2D eigenvalue weighted by Gasteiger charge is -2.42. The smallest absolute Gasteiger partial charge is 0.427 e. The highest BCUT2D eigenvalue weighted by Gasteiger charge is 2.52. The summed E-state index contributed by atoms with van der Waals surface area (Å²) >= 11 is -0.0545. The minimum atomic E-state index is -5.10. The highest BCUT2D eigenvalue weighted by atomic mass is 32.2. The second-order valence-electron chi connectivity index (χ2n) is 9.57. The number of nitrogens with zero attached hydrogens (tertiary/aromatic N) is 4. The first-order chi connectivity index (χ1) is 21.0. The van der Waals surface area contributed by atoms with Gasteiger partial charge in [0, 0.05) is 18.7 Å². The molecule has 0 spiro atoms. The van der Waals surface area contributed by atoms with Crippen LogP contribution in [0.15, 0.2) is 34.4 Å². The monoisotopic (exact) mass is 678 g/mol. The van der Waals surface area contributed by atoms with Gasteiger partial charge in [0.1, 0.15) is 34.8 Å². The van der Waals surface area contributed by atoms with Gasteiger partial charge in [0.15, 0.2) is 10.8 Å². The van der Waals surface area contributed by atoms with E-state index in [9.17, 15) is 41.1 Å². The summed E-state index contributed by atoms with van der Waals surface area (Å²) in [6.45, 7) is 1.77. The van der Waals surface area contributed by atoms with Crippen molar-refractivity contribution in [1.82, 2.24) is 19.9 Å². The van der Waals surface area contributed by atoms with Crippen molar-refractivity contribution >= 4 is 56.1 Å². The summed E-state index contributed by atoms with van der Waals surface area (Å²) in [4.78, 5) is 48.4. The van der Waals surface area contributed by atoms with Gasteiger partial charge in [-0.3, -0.25) is 19.1 Å². The zero-order chi connectivity index (χ0) is 33.3. The first kappa shape index (κ1) is 33.4. The molecule has 0 aliphatic carbocycles. The summed E-state index contributed by atoms with van der Waals surface area (Å²) in [6, 6.07) is 3.13.